The summed E-state index contributed by atoms with van der Waals surface area (Å²) in [6, 6.07) is 11.5. The Hall–Kier alpha value is -2.15. The number of hydrogen-bond acceptors (Lipinski definition) is 5. The number of carbonyl (C=O) groups excluding carboxylic acids is 1. The van der Waals surface area contributed by atoms with Crippen LogP contribution in [0.15, 0.2) is 42.6 Å². The molecule has 1 aromatic carbocycles. The number of halogens is 1. The highest BCUT2D eigenvalue weighted by atomic mass is 35.5. The van der Waals surface area contributed by atoms with Crippen LogP contribution in [0, 0.1) is 0 Å². The molecule has 0 unspecified atom stereocenters. The van der Waals surface area contributed by atoms with Gasteiger partial charge in [0, 0.05) is 49.6 Å². The third-order valence-electron chi connectivity index (χ3n) is 4.47. The number of rotatable bonds is 8. The Morgan fingerprint density at radius 1 is 1.15 bits per heavy atom. The van der Waals surface area contributed by atoms with Crippen LogP contribution in [0.1, 0.15) is 16.1 Å². The average Bonchev–Trinajstić information content (AvgIpc) is 2.70. The number of amides is 1. The van der Waals surface area contributed by atoms with Crippen molar-refractivity contribution in [3.05, 3.63) is 58.9 Å². The van der Waals surface area contributed by atoms with Crippen molar-refractivity contribution < 1.29 is 9.53 Å². The number of benzene rings is 1. The van der Waals surface area contributed by atoms with Gasteiger partial charge in [0.15, 0.2) is 0 Å². The van der Waals surface area contributed by atoms with Gasteiger partial charge in [-0.15, -0.1) is 0 Å². The summed E-state index contributed by atoms with van der Waals surface area (Å²) in [6.07, 6.45) is 2.53. The zero-order valence-electron chi connectivity index (χ0n) is 15.3. The fourth-order valence-electron chi connectivity index (χ4n) is 2.91. The molecule has 3 rings (SSSR count). The third kappa shape index (κ3) is 6.50. The van der Waals surface area contributed by atoms with Gasteiger partial charge in [-0.3, -0.25) is 14.7 Å². The van der Waals surface area contributed by atoms with E-state index in [1.165, 1.54) is 5.56 Å². The van der Waals surface area contributed by atoms with Crippen LogP contribution in [-0.2, 0) is 11.2 Å². The molecule has 1 amide bonds. The van der Waals surface area contributed by atoms with Crippen LogP contribution in [0.25, 0.3) is 0 Å². The predicted octanol–water partition coefficient (Wildman–Crippen LogP) is 2.45. The summed E-state index contributed by atoms with van der Waals surface area (Å²) in [5, 5.41) is 7.01. The number of nitrogens with zero attached hydrogens (tertiary/aromatic N) is 2. The molecule has 0 saturated carbocycles. The largest absolute Gasteiger partial charge is 0.385 e. The lowest BCUT2D eigenvalue weighted by molar-refractivity contribution is 0.0383. The second-order valence-corrected chi connectivity index (χ2v) is 6.88. The molecule has 27 heavy (non-hydrogen) atoms. The molecule has 144 valence electrons. The van der Waals surface area contributed by atoms with Crippen molar-refractivity contribution in [3.8, 4) is 0 Å². The summed E-state index contributed by atoms with van der Waals surface area (Å²) in [5.41, 5.74) is 2.52. The molecule has 0 spiro atoms. The molecule has 1 aliphatic heterocycles. The van der Waals surface area contributed by atoms with Crippen molar-refractivity contribution in [1.29, 1.82) is 0 Å². The lowest BCUT2D eigenvalue weighted by Gasteiger charge is -2.26. The van der Waals surface area contributed by atoms with Crippen molar-refractivity contribution in [2.24, 2.45) is 0 Å². The lowest BCUT2D eigenvalue weighted by Crippen LogP contribution is -2.41. The molecular formula is C20H25ClN4O2. The normalized spacial score (nSPS) is 14.7. The fraction of sp³-hybridized carbons (Fsp3) is 0.400. The zero-order chi connectivity index (χ0) is 18.9. The Bertz CT molecular complexity index is 733. The Labute approximate surface area is 164 Å². The molecule has 1 aromatic heterocycles. The van der Waals surface area contributed by atoms with Crippen LogP contribution in [0.4, 0.5) is 5.69 Å². The molecule has 6 nitrogen and oxygen atoms in total. The molecular weight excluding hydrogens is 364 g/mol. The number of carbonyl (C=O) groups is 1. The SMILES string of the molecule is O=C(NCCN1CCOCC1)c1cc(NCCc2ccc(Cl)cc2)ccn1. The van der Waals surface area contributed by atoms with E-state index in [4.69, 9.17) is 16.3 Å². The minimum Gasteiger partial charge on any atom is -0.385 e. The smallest absolute Gasteiger partial charge is 0.269 e. The number of hydrogen-bond donors (Lipinski definition) is 2. The summed E-state index contributed by atoms with van der Waals surface area (Å²) in [7, 11) is 0. The van der Waals surface area contributed by atoms with Gasteiger partial charge in [0.25, 0.3) is 5.91 Å². The molecule has 7 heteroatoms. The maximum absolute atomic E-state index is 12.3. The van der Waals surface area contributed by atoms with E-state index in [1.807, 2.05) is 30.3 Å². The minimum absolute atomic E-state index is 0.149. The Morgan fingerprint density at radius 2 is 1.93 bits per heavy atom. The number of aromatic nitrogens is 1. The van der Waals surface area contributed by atoms with Gasteiger partial charge < -0.3 is 15.4 Å². The zero-order valence-corrected chi connectivity index (χ0v) is 16.0. The van der Waals surface area contributed by atoms with Crippen molar-refractivity contribution in [1.82, 2.24) is 15.2 Å². The third-order valence-corrected chi connectivity index (χ3v) is 4.72. The molecule has 1 fully saturated rings. The number of nitrogens with one attached hydrogen (secondary N) is 2. The Morgan fingerprint density at radius 3 is 2.70 bits per heavy atom. The minimum atomic E-state index is -0.149. The average molecular weight is 389 g/mol. The summed E-state index contributed by atoms with van der Waals surface area (Å²) < 4.78 is 5.32. The molecule has 2 heterocycles. The molecule has 0 aliphatic carbocycles. The molecule has 0 radical (unpaired) electrons. The van der Waals surface area contributed by atoms with E-state index in [1.54, 1.807) is 12.3 Å². The number of anilines is 1. The second kappa shape index (κ2) is 10.3. The Kier molecular flexibility index (Phi) is 7.45. The maximum Gasteiger partial charge on any atom is 0.269 e. The van der Waals surface area contributed by atoms with Gasteiger partial charge in [-0.05, 0) is 36.2 Å². The second-order valence-electron chi connectivity index (χ2n) is 6.44. The highest BCUT2D eigenvalue weighted by molar-refractivity contribution is 6.30. The fourth-order valence-corrected chi connectivity index (χ4v) is 3.04. The standard InChI is InChI=1S/C20H25ClN4O2/c21-17-3-1-16(2-4-17)5-7-22-18-6-8-23-19(15-18)20(26)24-9-10-25-11-13-27-14-12-25/h1-4,6,8,15H,5,7,9-14H2,(H,22,23)(H,24,26). The first-order chi connectivity index (χ1) is 13.2. The summed E-state index contributed by atoms with van der Waals surface area (Å²) in [4.78, 5) is 18.8. The van der Waals surface area contributed by atoms with Crippen molar-refractivity contribution in [2.75, 3.05) is 51.3 Å². The molecule has 2 aromatic rings. The highest BCUT2D eigenvalue weighted by Gasteiger charge is 2.11. The van der Waals surface area contributed by atoms with Gasteiger partial charge in [-0.2, -0.15) is 0 Å². The van der Waals surface area contributed by atoms with Crippen LogP contribution in [-0.4, -0.2) is 61.7 Å². The molecule has 2 N–H and O–H groups in total. The van der Waals surface area contributed by atoms with Crippen molar-refractivity contribution in [2.45, 2.75) is 6.42 Å². The first-order valence-electron chi connectivity index (χ1n) is 9.23. The van der Waals surface area contributed by atoms with Crippen molar-refractivity contribution in [3.63, 3.8) is 0 Å². The predicted molar refractivity (Wildman–Crippen MR) is 107 cm³/mol. The molecule has 0 atom stereocenters. The van der Waals surface area contributed by atoms with Gasteiger partial charge in [-0.1, -0.05) is 23.7 Å². The summed E-state index contributed by atoms with van der Waals surface area (Å²) in [5.74, 6) is -0.149. The van der Waals surface area contributed by atoms with Gasteiger partial charge >= 0.3 is 0 Å². The lowest BCUT2D eigenvalue weighted by atomic mass is 10.1. The Balaban J connectivity index is 1.43. The van der Waals surface area contributed by atoms with E-state index in [0.29, 0.717) is 12.2 Å². The van der Waals surface area contributed by atoms with Crippen LogP contribution < -0.4 is 10.6 Å². The van der Waals surface area contributed by atoms with Crippen molar-refractivity contribution >= 4 is 23.2 Å². The summed E-state index contributed by atoms with van der Waals surface area (Å²) >= 11 is 5.90. The van der Waals surface area contributed by atoms with Crippen LogP contribution >= 0.6 is 11.6 Å². The van der Waals surface area contributed by atoms with E-state index in [9.17, 15) is 4.79 Å². The molecule has 1 aliphatic rings. The van der Waals surface area contributed by atoms with E-state index in [0.717, 1.165) is 56.5 Å². The van der Waals surface area contributed by atoms with Crippen LogP contribution in [0.5, 0.6) is 0 Å². The van der Waals surface area contributed by atoms with Gasteiger partial charge in [0.05, 0.1) is 13.2 Å². The first kappa shape index (κ1) is 19.6. The highest BCUT2D eigenvalue weighted by Crippen LogP contribution is 2.11. The monoisotopic (exact) mass is 388 g/mol. The quantitative estimate of drug-likeness (QED) is 0.727. The van der Waals surface area contributed by atoms with Crippen LogP contribution in [0.3, 0.4) is 0 Å². The van der Waals surface area contributed by atoms with Gasteiger partial charge in [0.1, 0.15) is 5.69 Å². The first-order valence-corrected chi connectivity index (χ1v) is 9.61. The van der Waals surface area contributed by atoms with Crippen LogP contribution in [0.2, 0.25) is 5.02 Å². The summed E-state index contributed by atoms with van der Waals surface area (Å²) in [6.45, 7) is 5.56. The molecule has 0 bridgehead atoms. The number of pyridine rings is 1. The van der Waals surface area contributed by atoms with E-state index < -0.39 is 0 Å². The number of morpholine rings is 1. The van der Waals surface area contributed by atoms with Gasteiger partial charge in [0.2, 0.25) is 0 Å². The molecule has 1 saturated heterocycles. The van der Waals surface area contributed by atoms with Gasteiger partial charge in [-0.25, -0.2) is 0 Å². The topological polar surface area (TPSA) is 66.5 Å². The van der Waals surface area contributed by atoms with E-state index in [-0.39, 0.29) is 5.91 Å². The number of ether oxygens (including phenoxy) is 1. The van der Waals surface area contributed by atoms with E-state index in [2.05, 4.69) is 20.5 Å². The van der Waals surface area contributed by atoms with E-state index >= 15 is 0 Å². The maximum atomic E-state index is 12.3.